The van der Waals surface area contributed by atoms with E-state index in [-0.39, 0.29) is 30.0 Å². The van der Waals surface area contributed by atoms with Gasteiger partial charge in [-0.25, -0.2) is 23.4 Å². The number of nitrogens with zero attached hydrogens (tertiary/aromatic N) is 5. The minimum atomic E-state index is -4.61. The molecule has 8 nitrogen and oxygen atoms in total. The molecular weight excluding hydrogens is 433 g/mol. The number of benzene rings is 1. The van der Waals surface area contributed by atoms with Crippen molar-refractivity contribution in [3.05, 3.63) is 66.4 Å². The van der Waals surface area contributed by atoms with Crippen molar-refractivity contribution >= 4 is 16.0 Å². The molecule has 0 unspecified atom stereocenters. The van der Waals surface area contributed by atoms with Gasteiger partial charge in [0.05, 0.1) is 12.4 Å². The first-order chi connectivity index (χ1) is 14.6. The number of halogens is 3. The summed E-state index contributed by atoms with van der Waals surface area (Å²) in [7, 11) is -2.21. The van der Waals surface area contributed by atoms with Gasteiger partial charge in [0.15, 0.2) is 5.03 Å². The highest BCUT2D eigenvalue weighted by Gasteiger charge is 2.41. The minimum Gasteiger partial charge on any atom is -0.349 e. The van der Waals surface area contributed by atoms with Crippen molar-refractivity contribution in [1.82, 2.24) is 23.8 Å². The van der Waals surface area contributed by atoms with Crippen LogP contribution in [0.5, 0.6) is 0 Å². The average Bonchev–Trinajstić information content (AvgIpc) is 3.36. The van der Waals surface area contributed by atoms with Crippen LogP contribution in [0.15, 0.2) is 60.1 Å². The fourth-order valence-corrected chi connectivity index (χ4v) is 5.01. The minimum absolute atomic E-state index is 0.0259. The second-order valence-electron chi connectivity index (χ2n) is 7.23. The van der Waals surface area contributed by atoms with Crippen molar-refractivity contribution < 1.29 is 21.6 Å². The van der Waals surface area contributed by atoms with Gasteiger partial charge in [-0.2, -0.15) is 17.5 Å². The second kappa shape index (κ2) is 7.93. The first-order valence-electron chi connectivity index (χ1n) is 9.34. The Balaban J connectivity index is 1.65. The zero-order chi connectivity index (χ0) is 22.2. The largest absolute Gasteiger partial charge is 0.433 e. The van der Waals surface area contributed by atoms with Crippen molar-refractivity contribution in [1.29, 1.82) is 0 Å². The fraction of sp³-hybridized carbons (Fsp3) is 0.316. The maximum Gasteiger partial charge on any atom is 0.433 e. The maximum absolute atomic E-state index is 13.1. The molecule has 0 radical (unpaired) electrons. The maximum atomic E-state index is 13.1. The molecule has 1 aliphatic heterocycles. The SMILES string of the molecule is Cn1cnc(S(=O)(=O)N2C[C@@H](Nc3nccc(C(F)(F)F)n3)[C@H](c3ccccc3)C2)c1. The Kier molecular flexibility index (Phi) is 5.43. The van der Waals surface area contributed by atoms with Crippen molar-refractivity contribution in [3.8, 4) is 0 Å². The number of hydrogen-bond acceptors (Lipinski definition) is 6. The average molecular weight is 452 g/mol. The summed E-state index contributed by atoms with van der Waals surface area (Å²) < 4.78 is 68.0. The molecule has 2 atom stereocenters. The van der Waals surface area contributed by atoms with Crippen LogP contribution in [-0.2, 0) is 23.2 Å². The van der Waals surface area contributed by atoms with Crippen molar-refractivity contribution in [2.75, 3.05) is 18.4 Å². The molecule has 0 amide bonds. The predicted octanol–water partition coefficient (Wildman–Crippen LogP) is 2.50. The van der Waals surface area contributed by atoms with Gasteiger partial charge in [-0.15, -0.1) is 0 Å². The first kappa shape index (κ1) is 21.2. The van der Waals surface area contributed by atoms with Crippen LogP contribution < -0.4 is 5.32 Å². The number of nitrogens with one attached hydrogen (secondary N) is 1. The Morgan fingerprint density at radius 3 is 2.48 bits per heavy atom. The van der Waals surface area contributed by atoms with Crippen molar-refractivity contribution in [2.24, 2.45) is 7.05 Å². The van der Waals surface area contributed by atoms with E-state index in [0.717, 1.165) is 17.8 Å². The molecular formula is C19H19F3N6O2S. The van der Waals surface area contributed by atoms with E-state index in [9.17, 15) is 21.6 Å². The summed E-state index contributed by atoms with van der Waals surface area (Å²) in [5, 5.41) is 2.82. The van der Waals surface area contributed by atoms with Crippen LogP contribution in [0.3, 0.4) is 0 Å². The van der Waals surface area contributed by atoms with Crippen LogP contribution in [0, 0.1) is 0 Å². The zero-order valence-electron chi connectivity index (χ0n) is 16.4. The van der Waals surface area contributed by atoms with Crippen molar-refractivity contribution in [3.63, 3.8) is 0 Å². The van der Waals surface area contributed by atoms with E-state index < -0.39 is 27.9 Å². The summed E-state index contributed by atoms with van der Waals surface area (Å²) in [5.41, 5.74) is -0.220. The highest BCUT2D eigenvalue weighted by Crippen LogP contribution is 2.33. The number of imidazole rings is 1. The molecule has 3 aromatic rings. The molecule has 3 heterocycles. The summed E-state index contributed by atoms with van der Waals surface area (Å²) >= 11 is 0. The number of aryl methyl sites for hydroxylation is 1. The van der Waals surface area contributed by atoms with E-state index in [1.165, 1.54) is 21.4 Å². The topological polar surface area (TPSA) is 93.0 Å². The van der Waals surface area contributed by atoms with Crippen molar-refractivity contribution in [2.45, 2.75) is 23.2 Å². The van der Waals surface area contributed by atoms with Gasteiger partial charge < -0.3 is 9.88 Å². The highest BCUT2D eigenvalue weighted by atomic mass is 32.2. The van der Waals surface area contributed by atoms with Gasteiger partial charge in [-0.3, -0.25) is 0 Å². The van der Waals surface area contributed by atoms with Gasteiger partial charge in [0.1, 0.15) is 5.69 Å². The molecule has 0 spiro atoms. The van der Waals surface area contributed by atoms with E-state index in [4.69, 9.17) is 0 Å². The molecule has 1 aliphatic rings. The summed E-state index contributed by atoms with van der Waals surface area (Å²) in [6, 6.07) is 9.42. The number of alkyl halides is 3. The molecule has 4 rings (SSSR count). The predicted molar refractivity (Wildman–Crippen MR) is 106 cm³/mol. The molecule has 1 N–H and O–H groups in total. The monoisotopic (exact) mass is 452 g/mol. The Hall–Kier alpha value is -2.99. The van der Waals surface area contributed by atoms with Crippen LogP contribution in [-0.4, -0.2) is 51.4 Å². The van der Waals surface area contributed by atoms with Gasteiger partial charge in [0.25, 0.3) is 10.0 Å². The lowest BCUT2D eigenvalue weighted by molar-refractivity contribution is -0.141. The van der Waals surface area contributed by atoms with Gasteiger partial charge in [0.2, 0.25) is 5.95 Å². The number of anilines is 1. The Morgan fingerprint density at radius 1 is 1.10 bits per heavy atom. The number of hydrogen-bond donors (Lipinski definition) is 1. The number of aromatic nitrogens is 4. The quantitative estimate of drug-likeness (QED) is 0.640. The van der Waals surface area contributed by atoms with E-state index in [2.05, 4.69) is 20.3 Å². The lowest BCUT2D eigenvalue weighted by Crippen LogP contribution is -2.32. The van der Waals surface area contributed by atoms with E-state index in [0.29, 0.717) is 0 Å². The zero-order valence-corrected chi connectivity index (χ0v) is 17.2. The molecule has 1 saturated heterocycles. The summed E-state index contributed by atoms with van der Waals surface area (Å²) in [4.78, 5) is 11.4. The van der Waals surface area contributed by atoms with Gasteiger partial charge in [-0.05, 0) is 11.6 Å². The Labute approximate surface area is 176 Å². The van der Waals surface area contributed by atoms with E-state index in [1.54, 1.807) is 7.05 Å². The normalized spacial score (nSPS) is 20.1. The first-order valence-corrected chi connectivity index (χ1v) is 10.8. The second-order valence-corrected chi connectivity index (χ2v) is 9.12. The standard InChI is InChI=1S/C19H19F3N6O2S/c1-27-11-17(24-12-27)31(29,30)28-9-14(13-5-3-2-4-6-13)15(10-28)25-18-23-8-7-16(26-18)19(20,21)22/h2-8,11-12,14-15H,9-10H2,1H3,(H,23,25,26)/t14-,15+/m0/s1. The fourth-order valence-electron chi connectivity index (χ4n) is 3.55. The highest BCUT2D eigenvalue weighted by molar-refractivity contribution is 7.89. The van der Waals surface area contributed by atoms with Crippen LogP contribution in [0.25, 0.3) is 0 Å². The van der Waals surface area contributed by atoms with E-state index in [1.807, 2.05) is 30.3 Å². The molecule has 0 bridgehead atoms. The molecule has 12 heteroatoms. The van der Waals surface area contributed by atoms with Crippen LogP contribution >= 0.6 is 0 Å². The molecule has 0 saturated carbocycles. The number of rotatable bonds is 5. The molecule has 1 aromatic carbocycles. The molecule has 164 valence electrons. The number of sulfonamides is 1. The molecule has 31 heavy (non-hydrogen) atoms. The Morgan fingerprint density at radius 2 is 1.84 bits per heavy atom. The summed E-state index contributed by atoms with van der Waals surface area (Å²) in [5.74, 6) is -0.532. The van der Waals surface area contributed by atoms with Gasteiger partial charge in [0, 0.05) is 38.4 Å². The lowest BCUT2D eigenvalue weighted by atomic mass is 9.94. The smallest absolute Gasteiger partial charge is 0.349 e. The molecule has 2 aromatic heterocycles. The Bertz CT molecular complexity index is 1170. The lowest BCUT2D eigenvalue weighted by Gasteiger charge is -2.20. The third-order valence-electron chi connectivity index (χ3n) is 5.06. The van der Waals surface area contributed by atoms with Crippen LogP contribution in [0.2, 0.25) is 0 Å². The third kappa shape index (κ3) is 4.39. The van der Waals surface area contributed by atoms with Gasteiger partial charge >= 0.3 is 6.18 Å². The molecule has 1 fully saturated rings. The summed E-state index contributed by atoms with van der Waals surface area (Å²) in [6.45, 7) is 0.164. The van der Waals surface area contributed by atoms with E-state index >= 15 is 0 Å². The van der Waals surface area contributed by atoms with Gasteiger partial charge in [-0.1, -0.05) is 30.3 Å². The summed E-state index contributed by atoms with van der Waals surface area (Å²) in [6.07, 6.45) is -0.789. The third-order valence-corrected chi connectivity index (χ3v) is 6.78. The van der Waals surface area contributed by atoms with Crippen LogP contribution in [0.4, 0.5) is 19.1 Å². The van der Waals surface area contributed by atoms with Crippen LogP contribution in [0.1, 0.15) is 17.2 Å². The molecule has 0 aliphatic carbocycles.